The molecule has 1 aromatic rings. The molecule has 18 heavy (non-hydrogen) atoms. The summed E-state index contributed by atoms with van der Waals surface area (Å²) in [5.41, 5.74) is 0.847. The second-order valence-corrected chi connectivity index (χ2v) is 5.88. The lowest BCUT2D eigenvalue weighted by molar-refractivity contribution is 0.000195. The Hall–Kier alpha value is -1.09. The van der Waals surface area contributed by atoms with Crippen molar-refractivity contribution in [2.75, 3.05) is 7.11 Å². The van der Waals surface area contributed by atoms with Crippen LogP contribution in [-0.4, -0.2) is 17.2 Å². The predicted octanol–water partition coefficient (Wildman–Crippen LogP) is 3.34. The van der Waals surface area contributed by atoms with Crippen molar-refractivity contribution < 1.29 is 9.84 Å². The topological polar surface area (TPSA) is 42.4 Å². The molecule has 0 radical (unpaired) electrons. The van der Waals surface area contributed by atoms with Crippen LogP contribution in [-0.2, 0) is 0 Å². The molecule has 1 heterocycles. The molecule has 1 N–H and O–H groups in total. The van der Waals surface area contributed by atoms with Crippen LogP contribution in [0.5, 0.6) is 5.75 Å². The number of aromatic nitrogens is 1. The molecule has 100 valence electrons. The van der Waals surface area contributed by atoms with Gasteiger partial charge in [-0.15, -0.1) is 0 Å². The van der Waals surface area contributed by atoms with Crippen LogP contribution in [0, 0.1) is 11.3 Å². The number of nitrogens with zero attached hydrogens (tertiary/aromatic N) is 1. The Labute approximate surface area is 109 Å². The van der Waals surface area contributed by atoms with Crippen molar-refractivity contribution in [3.63, 3.8) is 0 Å². The molecule has 0 bridgehead atoms. The van der Waals surface area contributed by atoms with E-state index in [0.717, 1.165) is 6.42 Å². The minimum atomic E-state index is -0.531. The van der Waals surface area contributed by atoms with E-state index in [4.69, 9.17) is 4.74 Å². The number of pyridine rings is 1. The van der Waals surface area contributed by atoms with Gasteiger partial charge in [0.15, 0.2) is 0 Å². The second-order valence-electron chi connectivity index (χ2n) is 5.88. The van der Waals surface area contributed by atoms with Crippen LogP contribution in [0.25, 0.3) is 0 Å². The number of rotatable bonds is 3. The van der Waals surface area contributed by atoms with E-state index in [-0.39, 0.29) is 11.3 Å². The zero-order chi connectivity index (χ0) is 13.2. The lowest BCUT2D eigenvalue weighted by Crippen LogP contribution is -2.33. The standard InChI is InChI=1S/C15H23NO2/c1-15(2)9-5-4-7-11(15)14(17)13-12(18-3)8-6-10-16-13/h6,8,10-11,14,17H,4-5,7,9H2,1-3H3. The maximum Gasteiger partial charge on any atom is 0.143 e. The Morgan fingerprint density at radius 3 is 2.89 bits per heavy atom. The van der Waals surface area contributed by atoms with Crippen LogP contribution in [0.15, 0.2) is 18.3 Å². The van der Waals surface area contributed by atoms with Crippen LogP contribution in [0.2, 0.25) is 0 Å². The molecule has 0 aromatic carbocycles. The number of aliphatic hydroxyl groups is 1. The number of hydrogen-bond donors (Lipinski definition) is 1. The molecule has 2 atom stereocenters. The van der Waals surface area contributed by atoms with E-state index in [1.807, 2.05) is 12.1 Å². The van der Waals surface area contributed by atoms with Crippen LogP contribution in [0.1, 0.15) is 51.3 Å². The van der Waals surface area contributed by atoms with Gasteiger partial charge in [-0.05, 0) is 36.3 Å². The highest BCUT2D eigenvalue weighted by Crippen LogP contribution is 2.47. The van der Waals surface area contributed by atoms with Gasteiger partial charge >= 0.3 is 0 Å². The Kier molecular flexibility index (Phi) is 3.91. The molecule has 1 aliphatic carbocycles. The van der Waals surface area contributed by atoms with Crippen molar-refractivity contribution in [1.29, 1.82) is 0 Å². The molecule has 0 aliphatic heterocycles. The van der Waals surface area contributed by atoms with E-state index >= 15 is 0 Å². The van der Waals surface area contributed by atoms with Crippen LogP contribution < -0.4 is 4.74 Å². The maximum atomic E-state index is 10.7. The van der Waals surface area contributed by atoms with E-state index in [1.54, 1.807) is 13.3 Å². The first kappa shape index (κ1) is 13.3. The zero-order valence-electron chi connectivity index (χ0n) is 11.5. The molecule has 1 saturated carbocycles. The molecule has 1 aromatic heterocycles. The minimum absolute atomic E-state index is 0.167. The minimum Gasteiger partial charge on any atom is -0.495 e. The van der Waals surface area contributed by atoms with Gasteiger partial charge in [0.1, 0.15) is 17.5 Å². The third-order valence-electron chi connectivity index (χ3n) is 4.27. The van der Waals surface area contributed by atoms with E-state index in [9.17, 15) is 5.11 Å². The first-order chi connectivity index (χ1) is 8.56. The van der Waals surface area contributed by atoms with Gasteiger partial charge in [-0.1, -0.05) is 26.7 Å². The fourth-order valence-corrected chi connectivity index (χ4v) is 3.09. The monoisotopic (exact) mass is 249 g/mol. The highest BCUT2D eigenvalue weighted by atomic mass is 16.5. The fourth-order valence-electron chi connectivity index (χ4n) is 3.09. The molecule has 0 spiro atoms. The SMILES string of the molecule is COc1cccnc1C(O)C1CCCCC1(C)C. The molecule has 2 rings (SSSR count). The summed E-state index contributed by atoms with van der Waals surface area (Å²) >= 11 is 0. The van der Waals surface area contributed by atoms with Gasteiger partial charge in [-0.3, -0.25) is 4.98 Å². The summed E-state index contributed by atoms with van der Waals surface area (Å²) in [7, 11) is 1.62. The zero-order valence-corrected chi connectivity index (χ0v) is 11.5. The number of aliphatic hydroxyl groups excluding tert-OH is 1. The van der Waals surface area contributed by atoms with Crippen molar-refractivity contribution in [3.05, 3.63) is 24.0 Å². The van der Waals surface area contributed by atoms with Gasteiger partial charge < -0.3 is 9.84 Å². The van der Waals surface area contributed by atoms with Gasteiger partial charge in [0.05, 0.1) is 7.11 Å². The normalized spacial score (nSPS) is 24.6. The van der Waals surface area contributed by atoms with Crippen molar-refractivity contribution in [2.45, 2.75) is 45.6 Å². The molecule has 0 saturated heterocycles. The highest BCUT2D eigenvalue weighted by molar-refractivity contribution is 5.29. The quantitative estimate of drug-likeness (QED) is 0.893. The largest absolute Gasteiger partial charge is 0.495 e. The van der Waals surface area contributed by atoms with Gasteiger partial charge in [-0.2, -0.15) is 0 Å². The van der Waals surface area contributed by atoms with E-state index in [0.29, 0.717) is 11.4 Å². The van der Waals surface area contributed by atoms with E-state index < -0.39 is 6.10 Å². The molecule has 3 heteroatoms. The van der Waals surface area contributed by atoms with Crippen LogP contribution in [0.4, 0.5) is 0 Å². The molecule has 1 aliphatic rings. The van der Waals surface area contributed by atoms with Gasteiger partial charge in [-0.25, -0.2) is 0 Å². The number of hydrogen-bond acceptors (Lipinski definition) is 3. The Morgan fingerprint density at radius 1 is 1.44 bits per heavy atom. The summed E-state index contributed by atoms with van der Waals surface area (Å²) in [5.74, 6) is 0.946. The van der Waals surface area contributed by atoms with Gasteiger partial charge in [0, 0.05) is 6.20 Å². The summed E-state index contributed by atoms with van der Waals surface area (Å²) in [6, 6.07) is 3.70. The molecule has 3 nitrogen and oxygen atoms in total. The number of ether oxygens (including phenoxy) is 1. The van der Waals surface area contributed by atoms with Crippen LogP contribution >= 0.6 is 0 Å². The summed E-state index contributed by atoms with van der Waals surface area (Å²) in [4.78, 5) is 4.32. The van der Waals surface area contributed by atoms with Crippen LogP contribution in [0.3, 0.4) is 0 Å². The van der Waals surface area contributed by atoms with Crippen molar-refractivity contribution in [1.82, 2.24) is 4.98 Å². The second kappa shape index (κ2) is 5.27. The number of methoxy groups -OCH3 is 1. The Balaban J connectivity index is 2.27. The summed E-state index contributed by atoms with van der Waals surface area (Å²) in [6.07, 6.45) is 5.88. The predicted molar refractivity (Wildman–Crippen MR) is 71.5 cm³/mol. The molecule has 2 unspecified atom stereocenters. The average Bonchev–Trinajstić information content (AvgIpc) is 2.37. The molecule has 1 fully saturated rings. The lowest BCUT2D eigenvalue weighted by atomic mass is 9.66. The Bertz CT molecular complexity index is 403. The third kappa shape index (κ3) is 2.51. The Morgan fingerprint density at radius 2 is 2.22 bits per heavy atom. The van der Waals surface area contributed by atoms with Gasteiger partial charge in [0.25, 0.3) is 0 Å². The van der Waals surface area contributed by atoms with E-state index in [2.05, 4.69) is 18.8 Å². The fraction of sp³-hybridized carbons (Fsp3) is 0.667. The average molecular weight is 249 g/mol. The summed E-state index contributed by atoms with van der Waals surface area (Å²) in [5, 5.41) is 10.7. The lowest BCUT2D eigenvalue weighted by Gasteiger charge is -2.41. The highest BCUT2D eigenvalue weighted by Gasteiger charge is 2.38. The maximum absolute atomic E-state index is 10.7. The third-order valence-corrected chi connectivity index (χ3v) is 4.27. The first-order valence-electron chi connectivity index (χ1n) is 6.73. The van der Waals surface area contributed by atoms with E-state index in [1.165, 1.54) is 19.3 Å². The molecular formula is C15H23NO2. The van der Waals surface area contributed by atoms with Crippen molar-refractivity contribution in [2.24, 2.45) is 11.3 Å². The smallest absolute Gasteiger partial charge is 0.143 e. The first-order valence-corrected chi connectivity index (χ1v) is 6.73. The summed E-state index contributed by atoms with van der Waals surface area (Å²) in [6.45, 7) is 4.49. The van der Waals surface area contributed by atoms with Crippen molar-refractivity contribution >= 4 is 0 Å². The molecule has 0 amide bonds. The van der Waals surface area contributed by atoms with Crippen molar-refractivity contribution in [3.8, 4) is 5.75 Å². The van der Waals surface area contributed by atoms with Gasteiger partial charge in [0.2, 0.25) is 0 Å². The summed E-state index contributed by atoms with van der Waals surface area (Å²) < 4.78 is 5.30. The molecular weight excluding hydrogens is 226 g/mol.